The Bertz CT molecular complexity index is 263. The molecule has 5 nitrogen and oxygen atoms in total. The largest absolute Gasteiger partial charge is 0.352 e. The maximum atomic E-state index is 11.8. The molecule has 0 spiro atoms. The van der Waals surface area contributed by atoms with Crippen molar-refractivity contribution in [2.24, 2.45) is 0 Å². The number of likely N-dealkylation sites (N-methyl/N-ethyl adjacent to an activating group) is 1. The second-order valence-electron chi connectivity index (χ2n) is 4.14. The van der Waals surface area contributed by atoms with Gasteiger partial charge < -0.3 is 15.5 Å². The number of piperazine rings is 1. The number of nitrogens with one attached hydrogen (secondary N) is 2. The molecule has 1 saturated heterocycles. The lowest BCUT2D eigenvalue weighted by molar-refractivity contribution is -0.148. The third-order valence-electron chi connectivity index (χ3n) is 2.68. The standard InChI is InChI=1S/C10H19N3O2/c1-4-11-7-8(14)13-6-5-12-9(15)10(13,2)3/h11H,4-7H2,1-3H3,(H,12,15). The molecule has 0 aliphatic carbocycles. The van der Waals surface area contributed by atoms with Crippen molar-refractivity contribution >= 4 is 11.8 Å². The van der Waals surface area contributed by atoms with Gasteiger partial charge in [-0.05, 0) is 20.4 Å². The van der Waals surface area contributed by atoms with Gasteiger partial charge in [0.05, 0.1) is 6.54 Å². The number of hydrogen-bond acceptors (Lipinski definition) is 3. The number of carbonyl (C=O) groups is 2. The van der Waals surface area contributed by atoms with Crippen molar-refractivity contribution in [2.75, 3.05) is 26.2 Å². The first-order valence-electron chi connectivity index (χ1n) is 5.29. The molecule has 15 heavy (non-hydrogen) atoms. The number of carbonyl (C=O) groups excluding carboxylic acids is 2. The Morgan fingerprint density at radius 3 is 2.87 bits per heavy atom. The second kappa shape index (κ2) is 4.61. The predicted octanol–water partition coefficient (Wildman–Crippen LogP) is -0.667. The first-order chi connectivity index (χ1) is 7.00. The van der Waals surface area contributed by atoms with Crippen molar-refractivity contribution in [3.63, 3.8) is 0 Å². The van der Waals surface area contributed by atoms with Crippen LogP contribution in [0.1, 0.15) is 20.8 Å². The quantitative estimate of drug-likeness (QED) is 0.654. The van der Waals surface area contributed by atoms with Crippen LogP contribution in [0.4, 0.5) is 0 Å². The molecule has 1 heterocycles. The zero-order valence-electron chi connectivity index (χ0n) is 9.59. The minimum atomic E-state index is -0.731. The first-order valence-corrected chi connectivity index (χ1v) is 5.29. The monoisotopic (exact) mass is 213 g/mol. The number of nitrogens with zero attached hydrogens (tertiary/aromatic N) is 1. The van der Waals surface area contributed by atoms with Crippen LogP contribution < -0.4 is 10.6 Å². The predicted molar refractivity (Wildman–Crippen MR) is 57.3 cm³/mol. The highest BCUT2D eigenvalue weighted by molar-refractivity contribution is 5.92. The molecule has 2 N–H and O–H groups in total. The molecule has 1 rings (SSSR count). The summed E-state index contributed by atoms with van der Waals surface area (Å²) in [6.07, 6.45) is 0. The molecule has 2 amide bonds. The van der Waals surface area contributed by atoms with Gasteiger partial charge in [-0.3, -0.25) is 9.59 Å². The van der Waals surface area contributed by atoms with Gasteiger partial charge >= 0.3 is 0 Å². The molecule has 86 valence electrons. The van der Waals surface area contributed by atoms with Crippen LogP contribution in [0.15, 0.2) is 0 Å². The van der Waals surface area contributed by atoms with Crippen molar-refractivity contribution < 1.29 is 9.59 Å². The summed E-state index contributed by atoms with van der Waals surface area (Å²) in [4.78, 5) is 25.0. The topological polar surface area (TPSA) is 61.4 Å². The lowest BCUT2D eigenvalue weighted by Gasteiger charge is -2.41. The van der Waals surface area contributed by atoms with Crippen LogP contribution in [0.25, 0.3) is 0 Å². The fourth-order valence-corrected chi connectivity index (χ4v) is 1.66. The molecule has 0 atom stereocenters. The van der Waals surface area contributed by atoms with E-state index in [-0.39, 0.29) is 11.8 Å². The fourth-order valence-electron chi connectivity index (χ4n) is 1.66. The van der Waals surface area contributed by atoms with Crippen molar-refractivity contribution in [1.29, 1.82) is 0 Å². The van der Waals surface area contributed by atoms with Gasteiger partial charge in [-0.1, -0.05) is 6.92 Å². The Morgan fingerprint density at radius 1 is 1.60 bits per heavy atom. The SMILES string of the molecule is CCNCC(=O)N1CCNC(=O)C1(C)C. The van der Waals surface area contributed by atoms with E-state index >= 15 is 0 Å². The smallest absolute Gasteiger partial charge is 0.245 e. The van der Waals surface area contributed by atoms with Gasteiger partial charge in [0.1, 0.15) is 5.54 Å². The van der Waals surface area contributed by atoms with Crippen LogP contribution in [0, 0.1) is 0 Å². The molecule has 0 aromatic carbocycles. The Balaban J connectivity index is 2.66. The second-order valence-corrected chi connectivity index (χ2v) is 4.14. The van der Waals surface area contributed by atoms with Crippen LogP contribution in [-0.4, -0.2) is 48.4 Å². The van der Waals surface area contributed by atoms with Crippen molar-refractivity contribution in [3.05, 3.63) is 0 Å². The van der Waals surface area contributed by atoms with Crippen molar-refractivity contribution in [2.45, 2.75) is 26.3 Å². The highest BCUT2D eigenvalue weighted by Crippen LogP contribution is 2.17. The maximum absolute atomic E-state index is 11.8. The van der Waals surface area contributed by atoms with Gasteiger partial charge in [-0.25, -0.2) is 0 Å². The van der Waals surface area contributed by atoms with E-state index in [9.17, 15) is 9.59 Å². The first kappa shape index (κ1) is 12.0. The van der Waals surface area contributed by atoms with E-state index in [2.05, 4.69) is 10.6 Å². The van der Waals surface area contributed by atoms with Gasteiger partial charge in [0.2, 0.25) is 11.8 Å². The average Bonchev–Trinajstić information content (AvgIpc) is 2.18. The molecule has 0 unspecified atom stereocenters. The van der Waals surface area contributed by atoms with E-state index < -0.39 is 5.54 Å². The lowest BCUT2D eigenvalue weighted by atomic mass is 9.99. The Labute approximate surface area is 90.2 Å². The van der Waals surface area contributed by atoms with Gasteiger partial charge in [-0.2, -0.15) is 0 Å². The van der Waals surface area contributed by atoms with Crippen LogP contribution >= 0.6 is 0 Å². The van der Waals surface area contributed by atoms with Crippen molar-refractivity contribution in [3.8, 4) is 0 Å². The molecule has 1 aliphatic heterocycles. The molecule has 1 fully saturated rings. The fraction of sp³-hybridized carbons (Fsp3) is 0.800. The van der Waals surface area contributed by atoms with E-state index in [1.165, 1.54) is 0 Å². The van der Waals surface area contributed by atoms with E-state index in [0.717, 1.165) is 6.54 Å². The van der Waals surface area contributed by atoms with Gasteiger partial charge in [0.15, 0.2) is 0 Å². The molecule has 0 aromatic heterocycles. The highest BCUT2D eigenvalue weighted by atomic mass is 16.2. The normalized spacial score (nSPS) is 19.9. The third kappa shape index (κ3) is 2.47. The minimum Gasteiger partial charge on any atom is -0.352 e. The third-order valence-corrected chi connectivity index (χ3v) is 2.68. The van der Waals surface area contributed by atoms with Crippen LogP contribution in [0.2, 0.25) is 0 Å². The number of amides is 2. The Hall–Kier alpha value is -1.10. The minimum absolute atomic E-state index is 0.0169. The summed E-state index contributed by atoms with van der Waals surface area (Å²) in [5, 5.41) is 5.74. The summed E-state index contributed by atoms with van der Waals surface area (Å²) in [5.41, 5.74) is -0.731. The summed E-state index contributed by atoms with van der Waals surface area (Å²) < 4.78 is 0. The van der Waals surface area contributed by atoms with Crippen molar-refractivity contribution in [1.82, 2.24) is 15.5 Å². The molecule has 0 saturated carbocycles. The molecular formula is C10H19N3O2. The zero-order chi connectivity index (χ0) is 11.5. The summed E-state index contributed by atoms with van der Waals surface area (Å²) in [5.74, 6) is -0.102. The van der Waals surface area contributed by atoms with Crippen LogP contribution in [0.5, 0.6) is 0 Å². The highest BCUT2D eigenvalue weighted by Gasteiger charge is 2.39. The molecule has 0 bridgehead atoms. The molecule has 1 aliphatic rings. The Morgan fingerprint density at radius 2 is 2.27 bits per heavy atom. The van der Waals surface area contributed by atoms with Gasteiger partial charge in [-0.15, -0.1) is 0 Å². The van der Waals surface area contributed by atoms with Crippen LogP contribution in [0.3, 0.4) is 0 Å². The van der Waals surface area contributed by atoms with E-state index in [1.54, 1.807) is 18.7 Å². The summed E-state index contributed by atoms with van der Waals surface area (Å²) in [7, 11) is 0. The molecular weight excluding hydrogens is 194 g/mol. The molecule has 0 radical (unpaired) electrons. The maximum Gasteiger partial charge on any atom is 0.245 e. The number of hydrogen-bond donors (Lipinski definition) is 2. The molecule has 0 aromatic rings. The molecule has 5 heteroatoms. The van der Waals surface area contributed by atoms with Crippen LogP contribution in [-0.2, 0) is 9.59 Å². The van der Waals surface area contributed by atoms with Gasteiger partial charge in [0.25, 0.3) is 0 Å². The van der Waals surface area contributed by atoms with Gasteiger partial charge in [0, 0.05) is 13.1 Å². The van der Waals surface area contributed by atoms with E-state index in [0.29, 0.717) is 19.6 Å². The summed E-state index contributed by atoms with van der Waals surface area (Å²) in [6.45, 7) is 7.67. The van der Waals surface area contributed by atoms with E-state index in [4.69, 9.17) is 0 Å². The lowest BCUT2D eigenvalue weighted by Crippen LogP contribution is -2.64. The van der Waals surface area contributed by atoms with E-state index in [1.807, 2.05) is 6.92 Å². The average molecular weight is 213 g/mol. The Kier molecular flexibility index (Phi) is 3.68. The number of rotatable bonds is 3. The summed E-state index contributed by atoms with van der Waals surface area (Å²) >= 11 is 0. The summed E-state index contributed by atoms with van der Waals surface area (Å²) in [6, 6.07) is 0. The zero-order valence-corrected chi connectivity index (χ0v) is 9.59.